The predicted octanol–water partition coefficient (Wildman–Crippen LogP) is -0.102. The lowest BCUT2D eigenvalue weighted by atomic mass is 10.1. The van der Waals surface area contributed by atoms with Crippen molar-refractivity contribution in [1.82, 2.24) is 10.6 Å². The van der Waals surface area contributed by atoms with E-state index < -0.39 is 0 Å². The van der Waals surface area contributed by atoms with E-state index in [4.69, 9.17) is 0 Å². The second-order valence-electron chi connectivity index (χ2n) is 2.81. The summed E-state index contributed by atoms with van der Waals surface area (Å²) >= 11 is 0. The normalized spacial score (nSPS) is 23.1. The van der Waals surface area contributed by atoms with Crippen LogP contribution in [0.15, 0.2) is 12.7 Å². The topological polar surface area (TPSA) is 41.1 Å². The predicted molar refractivity (Wildman–Crippen MR) is 44.2 cm³/mol. The van der Waals surface area contributed by atoms with Crippen molar-refractivity contribution >= 4 is 5.91 Å². The van der Waals surface area contributed by atoms with Crippen molar-refractivity contribution in [1.29, 1.82) is 0 Å². The summed E-state index contributed by atoms with van der Waals surface area (Å²) in [5.41, 5.74) is 0. The first-order chi connectivity index (χ1) is 5.33. The van der Waals surface area contributed by atoms with Crippen LogP contribution in [0.1, 0.15) is 6.42 Å². The second kappa shape index (κ2) is 4.13. The van der Waals surface area contributed by atoms with Crippen LogP contribution in [0, 0.1) is 5.92 Å². The van der Waals surface area contributed by atoms with Gasteiger partial charge in [0, 0.05) is 6.54 Å². The van der Waals surface area contributed by atoms with E-state index in [-0.39, 0.29) is 5.91 Å². The summed E-state index contributed by atoms with van der Waals surface area (Å²) in [5.74, 6) is 0.538. The first kappa shape index (κ1) is 8.27. The molecule has 1 heterocycles. The summed E-state index contributed by atoms with van der Waals surface area (Å²) < 4.78 is 0. The summed E-state index contributed by atoms with van der Waals surface area (Å²) in [6, 6.07) is 0. The van der Waals surface area contributed by atoms with Gasteiger partial charge in [-0.15, -0.1) is 0 Å². The molecule has 1 saturated heterocycles. The van der Waals surface area contributed by atoms with Crippen LogP contribution in [-0.4, -0.2) is 25.5 Å². The van der Waals surface area contributed by atoms with E-state index in [9.17, 15) is 4.79 Å². The summed E-state index contributed by atoms with van der Waals surface area (Å²) in [5, 5.41) is 6.01. The van der Waals surface area contributed by atoms with Gasteiger partial charge in [-0.25, -0.2) is 0 Å². The SMILES string of the molecule is C=CC(=O)NCC1CCNC1. The molecule has 1 aliphatic rings. The van der Waals surface area contributed by atoms with E-state index in [1.807, 2.05) is 0 Å². The van der Waals surface area contributed by atoms with Crippen molar-refractivity contribution in [2.24, 2.45) is 5.92 Å². The molecule has 0 aliphatic carbocycles. The van der Waals surface area contributed by atoms with Gasteiger partial charge in [-0.2, -0.15) is 0 Å². The van der Waals surface area contributed by atoms with Gasteiger partial charge in [0.2, 0.25) is 5.91 Å². The third-order valence-electron chi connectivity index (χ3n) is 1.91. The van der Waals surface area contributed by atoms with Gasteiger partial charge in [-0.3, -0.25) is 4.79 Å². The van der Waals surface area contributed by atoms with Crippen molar-refractivity contribution in [3.05, 3.63) is 12.7 Å². The summed E-state index contributed by atoms with van der Waals surface area (Å²) in [4.78, 5) is 10.7. The van der Waals surface area contributed by atoms with Crippen LogP contribution in [0.4, 0.5) is 0 Å². The number of amides is 1. The number of nitrogens with one attached hydrogen (secondary N) is 2. The maximum Gasteiger partial charge on any atom is 0.243 e. The Morgan fingerprint density at radius 1 is 1.82 bits per heavy atom. The maximum absolute atomic E-state index is 10.7. The second-order valence-corrected chi connectivity index (χ2v) is 2.81. The average molecular weight is 154 g/mol. The Morgan fingerprint density at radius 3 is 3.18 bits per heavy atom. The highest BCUT2D eigenvalue weighted by Crippen LogP contribution is 2.04. The zero-order valence-corrected chi connectivity index (χ0v) is 6.60. The summed E-state index contributed by atoms with van der Waals surface area (Å²) in [6.07, 6.45) is 2.47. The first-order valence-electron chi connectivity index (χ1n) is 3.94. The molecule has 1 fully saturated rings. The molecule has 0 aromatic heterocycles. The minimum absolute atomic E-state index is 0.0723. The fourth-order valence-corrected chi connectivity index (χ4v) is 1.21. The van der Waals surface area contributed by atoms with Gasteiger partial charge in [0.05, 0.1) is 0 Å². The quantitative estimate of drug-likeness (QED) is 0.557. The van der Waals surface area contributed by atoms with Crippen LogP contribution < -0.4 is 10.6 Å². The number of hydrogen-bond donors (Lipinski definition) is 2. The van der Waals surface area contributed by atoms with Crippen LogP contribution in [0.25, 0.3) is 0 Å². The van der Waals surface area contributed by atoms with Crippen LogP contribution in [0.5, 0.6) is 0 Å². The van der Waals surface area contributed by atoms with Crippen LogP contribution >= 0.6 is 0 Å². The van der Waals surface area contributed by atoms with Gasteiger partial charge in [0.15, 0.2) is 0 Å². The van der Waals surface area contributed by atoms with Gasteiger partial charge >= 0.3 is 0 Å². The largest absolute Gasteiger partial charge is 0.352 e. The lowest BCUT2D eigenvalue weighted by molar-refractivity contribution is -0.116. The van der Waals surface area contributed by atoms with Crippen molar-refractivity contribution in [3.8, 4) is 0 Å². The fraction of sp³-hybridized carbons (Fsp3) is 0.625. The van der Waals surface area contributed by atoms with Crippen LogP contribution in [0.2, 0.25) is 0 Å². The Hall–Kier alpha value is -0.830. The fourth-order valence-electron chi connectivity index (χ4n) is 1.21. The molecule has 0 spiro atoms. The smallest absolute Gasteiger partial charge is 0.243 e. The monoisotopic (exact) mass is 154 g/mol. The molecule has 1 aliphatic heterocycles. The Labute approximate surface area is 66.9 Å². The molecule has 1 unspecified atom stereocenters. The average Bonchev–Trinajstić information content (AvgIpc) is 2.52. The molecule has 0 radical (unpaired) electrons. The van der Waals surface area contributed by atoms with Crippen molar-refractivity contribution in [3.63, 3.8) is 0 Å². The Morgan fingerprint density at radius 2 is 2.64 bits per heavy atom. The van der Waals surface area contributed by atoms with Crippen LogP contribution in [0.3, 0.4) is 0 Å². The van der Waals surface area contributed by atoms with Crippen molar-refractivity contribution < 1.29 is 4.79 Å². The zero-order chi connectivity index (χ0) is 8.10. The lowest BCUT2D eigenvalue weighted by Gasteiger charge is -2.07. The summed E-state index contributed by atoms with van der Waals surface area (Å²) in [7, 11) is 0. The lowest BCUT2D eigenvalue weighted by Crippen LogP contribution is -2.28. The molecular weight excluding hydrogens is 140 g/mol. The van der Waals surface area contributed by atoms with Gasteiger partial charge in [0.1, 0.15) is 0 Å². The van der Waals surface area contributed by atoms with Gasteiger partial charge in [-0.05, 0) is 31.5 Å². The highest BCUT2D eigenvalue weighted by atomic mass is 16.1. The number of carbonyl (C=O) groups excluding carboxylic acids is 1. The maximum atomic E-state index is 10.7. The molecule has 1 atom stereocenters. The van der Waals surface area contributed by atoms with E-state index in [1.54, 1.807) is 0 Å². The van der Waals surface area contributed by atoms with E-state index in [0.717, 1.165) is 26.1 Å². The summed E-state index contributed by atoms with van der Waals surface area (Å²) in [6.45, 7) is 6.26. The molecule has 11 heavy (non-hydrogen) atoms. The van der Waals surface area contributed by atoms with E-state index in [2.05, 4.69) is 17.2 Å². The van der Waals surface area contributed by atoms with Crippen molar-refractivity contribution in [2.45, 2.75) is 6.42 Å². The minimum atomic E-state index is -0.0723. The highest BCUT2D eigenvalue weighted by molar-refractivity contribution is 5.86. The van der Waals surface area contributed by atoms with E-state index >= 15 is 0 Å². The van der Waals surface area contributed by atoms with Crippen LogP contribution in [-0.2, 0) is 4.79 Å². The minimum Gasteiger partial charge on any atom is -0.352 e. The number of carbonyl (C=O) groups is 1. The zero-order valence-electron chi connectivity index (χ0n) is 6.60. The van der Waals surface area contributed by atoms with E-state index in [1.165, 1.54) is 6.08 Å². The van der Waals surface area contributed by atoms with Gasteiger partial charge in [0.25, 0.3) is 0 Å². The molecule has 62 valence electrons. The molecule has 3 heteroatoms. The Bertz CT molecular complexity index is 150. The number of rotatable bonds is 3. The molecule has 0 aromatic rings. The standard InChI is InChI=1S/C8H14N2O/c1-2-8(11)10-6-7-3-4-9-5-7/h2,7,9H,1,3-6H2,(H,10,11). The van der Waals surface area contributed by atoms with Gasteiger partial charge < -0.3 is 10.6 Å². The molecule has 0 aromatic carbocycles. The molecule has 3 nitrogen and oxygen atoms in total. The Kier molecular flexibility index (Phi) is 3.11. The van der Waals surface area contributed by atoms with E-state index in [0.29, 0.717) is 5.92 Å². The molecule has 1 amide bonds. The molecule has 1 rings (SSSR count). The molecule has 2 N–H and O–H groups in total. The Balaban J connectivity index is 2.10. The third kappa shape index (κ3) is 2.72. The third-order valence-corrected chi connectivity index (χ3v) is 1.91. The number of hydrogen-bond acceptors (Lipinski definition) is 2. The van der Waals surface area contributed by atoms with Gasteiger partial charge in [-0.1, -0.05) is 6.58 Å². The molecular formula is C8H14N2O. The molecule has 0 saturated carbocycles. The van der Waals surface area contributed by atoms with Crippen molar-refractivity contribution in [2.75, 3.05) is 19.6 Å². The highest BCUT2D eigenvalue weighted by Gasteiger charge is 2.13. The first-order valence-corrected chi connectivity index (χ1v) is 3.94. The molecule has 0 bridgehead atoms.